The van der Waals surface area contributed by atoms with E-state index in [1.165, 1.54) is 29.9 Å². The molecule has 9 heteroatoms. The third kappa shape index (κ3) is 4.10. The molecule has 1 amide bonds. The van der Waals surface area contributed by atoms with Crippen molar-refractivity contribution < 1.29 is 9.53 Å². The van der Waals surface area contributed by atoms with E-state index in [0.29, 0.717) is 16.4 Å². The van der Waals surface area contributed by atoms with E-state index in [1.807, 2.05) is 60.8 Å². The fourth-order valence-electron chi connectivity index (χ4n) is 4.15. The molecule has 7 nitrogen and oxygen atoms in total. The lowest BCUT2D eigenvalue weighted by atomic mass is 10.1. The van der Waals surface area contributed by atoms with Gasteiger partial charge in [-0.2, -0.15) is 0 Å². The molecule has 4 aromatic rings. The Hall–Kier alpha value is -3.17. The molecule has 0 spiro atoms. The monoisotopic (exact) mass is 493 g/mol. The molecule has 0 radical (unpaired) electrons. The average molecular weight is 494 g/mol. The van der Waals surface area contributed by atoms with E-state index in [1.54, 1.807) is 30.4 Å². The smallest absolute Gasteiger partial charge is 0.259 e. The first kappa shape index (κ1) is 22.6. The summed E-state index contributed by atoms with van der Waals surface area (Å²) in [7, 11) is 7.37. The minimum Gasteiger partial charge on any atom is -0.494 e. The van der Waals surface area contributed by atoms with Gasteiger partial charge >= 0.3 is 0 Å². The molecule has 1 fully saturated rings. The molecule has 1 aliphatic rings. The zero-order chi connectivity index (χ0) is 23.8. The van der Waals surface area contributed by atoms with Gasteiger partial charge in [0.25, 0.3) is 5.91 Å². The number of thiazole rings is 2. The third-order valence-corrected chi connectivity index (χ3v) is 8.22. The van der Waals surface area contributed by atoms with Crippen LogP contribution in [0.4, 0.5) is 16.0 Å². The summed E-state index contributed by atoms with van der Waals surface area (Å²) in [5.41, 5.74) is 4.43. The summed E-state index contributed by atoms with van der Waals surface area (Å²) in [6, 6.07) is 11.8. The molecule has 0 saturated carbocycles. The van der Waals surface area contributed by atoms with Crippen molar-refractivity contribution in [3.8, 4) is 17.0 Å². The number of benzene rings is 2. The number of anilines is 3. The Labute approximate surface area is 207 Å². The van der Waals surface area contributed by atoms with E-state index in [9.17, 15) is 4.79 Å². The summed E-state index contributed by atoms with van der Waals surface area (Å²) < 4.78 is 6.52. The number of fused-ring (bicyclic) bond motifs is 1. The molecular formula is C25H27N5O2S2. The van der Waals surface area contributed by atoms with Crippen LogP contribution in [0.25, 0.3) is 21.5 Å². The molecule has 34 heavy (non-hydrogen) atoms. The van der Waals surface area contributed by atoms with E-state index in [2.05, 4.69) is 4.90 Å². The van der Waals surface area contributed by atoms with Gasteiger partial charge in [0.1, 0.15) is 11.3 Å². The maximum Gasteiger partial charge on any atom is 0.259 e. The lowest BCUT2D eigenvalue weighted by molar-refractivity contribution is 0.0993. The SMILES string of the molecule is COc1ccc(-c2csc(N(C)C)n2)c2sc(N(C)C(=O)c3ccc(N4CCCC4)cc3)nc12. The maximum atomic E-state index is 13.3. The van der Waals surface area contributed by atoms with Crippen molar-refractivity contribution in [3.63, 3.8) is 0 Å². The number of hydrogen-bond donors (Lipinski definition) is 0. The van der Waals surface area contributed by atoms with Crippen molar-refractivity contribution in [2.45, 2.75) is 12.8 Å². The zero-order valence-corrected chi connectivity index (χ0v) is 21.4. The van der Waals surface area contributed by atoms with Crippen LogP contribution in [0.3, 0.4) is 0 Å². The molecule has 176 valence electrons. The molecule has 1 aliphatic heterocycles. The first-order chi connectivity index (χ1) is 16.5. The van der Waals surface area contributed by atoms with Gasteiger partial charge in [-0.1, -0.05) is 11.3 Å². The molecule has 0 aliphatic carbocycles. The number of rotatable bonds is 6. The summed E-state index contributed by atoms with van der Waals surface area (Å²) in [4.78, 5) is 28.8. The molecule has 2 aromatic heterocycles. The zero-order valence-electron chi connectivity index (χ0n) is 19.7. The second-order valence-electron chi connectivity index (χ2n) is 8.50. The summed E-state index contributed by atoms with van der Waals surface area (Å²) >= 11 is 3.07. The van der Waals surface area contributed by atoms with Crippen LogP contribution in [0.1, 0.15) is 23.2 Å². The van der Waals surface area contributed by atoms with Crippen molar-refractivity contribution in [2.24, 2.45) is 0 Å². The number of ether oxygens (including phenoxy) is 1. The number of carbonyl (C=O) groups excluding carboxylic acids is 1. The Kier molecular flexibility index (Phi) is 6.14. The lowest BCUT2D eigenvalue weighted by Crippen LogP contribution is -2.26. The number of nitrogens with zero attached hydrogens (tertiary/aromatic N) is 5. The standard InChI is InChI=1S/C25H27N5O2S2/c1-28(2)24-26-19(15-33-24)18-11-12-20(32-4)21-22(18)34-25(27-21)29(3)23(31)16-7-9-17(10-8-16)30-13-5-6-14-30/h7-12,15H,5-6,13-14H2,1-4H3. The van der Waals surface area contributed by atoms with Gasteiger partial charge in [0.05, 0.1) is 17.5 Å². The van der Waals surface area contributed by atoms with Crippen molar-refractivity contribution in [2.75, 3.05) is 56.0 Å². The van der Waals surface area contributed by atoms with Gasteiger partial charge in [-0.05, 0) is 49.2 Å². The van der Waals surface area contributed by atoms with E-state index < -0.39 is 0 Å². The number of amides is 1. The van der Waals surface area contributed by atoms with Gasteiger partial charge < -0.3 is 14.5 Å². The fraction of sp³-hybridized carbons (Fsp3) is 0.320. The Morgan fingerprint density at radius 1 is 1.00 bits per heavy atom. The lowest BCUT2D eigenvalue weighted by Gasteiger charge is -2.18. The Morgan fingerprint density at radius 3 is 2.38 bits per heavy atom. The molecular weight excluding hydrogens is 466 g/mol. The molecule has 1 saturated heterocycles. The van der Waals surface area contributed by atoms with Crippen LogP contribution >= 0.6 is 22.7 Å². The van der Waals surface area contributed by atoms with E-state index in [-0.39, 0.29) is 5.91 Å². The summed E-state index contributed by atoms with van der Waals surface area (Å²) in [6.07, 6.45) is 2.45. The largest absolute Gasteiger partial charge is 0.494 e. The van der Waals surface area contributed by atoms with Crippen molar-refractivity contribution in [3.05, 3.63) is 47.3 Å². The van der Waals surface area contributed by atoms with Gasteiger partial charge in [-0.3, -0.25) is 9.69 Å². The highest BCUT2D eigenvalue weighted by Gasteiger charge is 2.22. The fourth-order valence-corrected chi connectivity index (χ4v) is 5.97. The Bertz CT molecular complexity index is 1320. The molecule has 3 heterocycles. The minimum atomic E-state index is -0.0869. The van der Waals surface area contributed by atoms with Gasteiger partial charge in [-0.25, -0.2) is 9.97 Å². The quantitative estimate of drug-likeness (QED) is 0.360. The Balaban J connectivity index is 1.47. The predicted octanol–water partition coefficient (Wildman–Crippen LogP) is 5.37. The van der Waals surface area contributed by atoms with Gasteiger partial charge in [0.2, 0.25) is 0 Å². The molecule has 2 aromatic carbocycles. The Morgan fingerprint density at radius 2 is 1.74 bits per heavy atom. The number of carbonyl (C=O) groups is 1. The van der Waals surface area contributed by atoms with Crippen LogP contribution in [0.15, 0.2) is 41.8 Å². The van der Waals surface area contributed by atoms with Crippen LogP contribution in [-0.2, 0) is 0 Å². The molecule has 5 rings (SSSR count). The molecule has 0 atom stereocenters. The highest BCUT2D eigenvalue weighted by atomic mass is 32.1. The third-order valence-electron chi connectivity index (χ3n) is 6.04. The molecule has 0 bridgehead atoms. The van der Waals surface area contributed by atoms with E-state index in [0.717, 1.165) is 39.7 Å². The number of methoxy groups -OCH3 is 1. The molecule has 0 N–H and O–H groups in total. The maximum absolute atomic E-state index is 13.3. The van der Waals surface area contributed by atoms with Crippen LogP contribution in [0.2, 0.25) is 0 Å². The van der Waals surface area contributed by atoms with Crippen LogP contribution in [-0.4, -0.2) is 57.2 Å². The van der Waals surface area contributed by atoms with Crippen LogP contribution in [0.5, 0.6) is 5.75 Å². The number of aromatic nitrogens is 2. The van der Waals surface area contributed by atoms with Crippen molar-refractivity contribution >= 4 is 54.7 Å². The summed E-state index contributed by atoms with van der Waals surface area (Å²) in [5, 5.41) is 3.61. The first-order valence-corrected chi connectivity index (χ1v) is 12.9. The average Bonchev–Trinajstić information content (AvgIpc) is 3.63. The minimum absolute atomic E-state index is 0.0869. The predicted molar refractivity (Wildman–Crippen MR) is 142 cm³/mol. The normalized spacial score (nSPS) is 13.5. The van der Waals surface area contributed by atoms with Crippen molar-refractivity contribution in [1.29, 1.82) is 0 Å². The second kappa shape index (κ2) is 9.23. The highest BCUT2D eigenvalue weighted by molar-refractivity contribution is 7.23. The van der Waals surface area contributed by atoms with Gasteiger partial charge in [0, 0.05) is 56.4 Å². The van der Waals surface area contributed by atoms with Crippen molar-refractivity contribution in [1.82, 2.24) is 9.97 Å². The van der Waals surface area contributed by atoms with Gasteiger partial charge in [0.15, 0.2) is 10.3 Å². The van der Waals surface area contributed by atoms with Crippen LogP contribution < -0.4 is 19.4 Å². The first-order valence-electron chi connectivity index (χ1n) is 11.2. The molecule has 0 unspecified atom stereocenters. The van der Waals surface area contributed by atoms with Crippen LogP contribution in [0, 0.1) is 0 Å². The van der Waals surface area contributed by atoms with E-state index >= 15 is 0 Å². The topological polar surface area (TPSA) is 61.8 Å². The van der Waals surface area contributed by atoms with E-state index in [4.69, 9.17) is 14.7 Å². The summed E-state index contributed by atoms with van der Waals surface area (Å²) in [6.45, 7) is 2.16. The summed E-state index contributed by atoms with van der Waals surface area (Å²) in [5.74, 6) is 0.594. The highest BCUT2D eigenvalue weighted by Crippen LogP contribution is 2.41. The van der Waals surface area contributed by atoms with Gasteiger partial charge in [-0.15, -0.1) is 11.3 Å². The second-order valence-corrected chi connectivity index (χ2v) is 10.3. The number of hydrogen-bond acceptors (Lipinski definition) is 8.